The predicted molar refractivity (Wildman–Crippen MR) is 103 cm³/mol. The van der Waals surface area contributed by atoms with Crippen LogP contribution in [0.3, 0.4) is 0 Å². The Balaban J connectivity index is 1.81. The standard InChI is InChI=1S/C19H14ClFN2O3S/c1-26-17-7-6-14(10-15(17)20)23-9-8-22-18(19(23)25)27-11-16(24)12-2-4-13(21)5-3-12/h2-10H,11H2,1H3. The van der Waals surface area contributed by atoms with Crippen LogP contribution in [0.15, 0.2) is 64.7 Å². The molecular formula is C19H14ClFN2O3S. The number of methoxy groups -OCH3 is 1. The van der Waals surface area contributed by atoms with Crippen LogP contribution in [0.4, 0.5) is 4.39 Å². The Kier molecular flexibility index (Phi) is 5.93. The number of ketones is 1. The molecule has 0 radical (unpaired) electrons. The Morgan fingerprint density at radius 2 is 2.00 bits per heavy atom. The van der Waals surface area contributed by atoms with E-state index in [4.69, 9.17) is 16.3 Å². The summed E-state index contributed by atoms with van der Waals surface area (Å²) in [4.78, 5) is 28.9. The molecule has 1 aromatic heterocycles. The second-order valence-corrected chi connectivity index (χ2v) is 6.82. The van der Waals surface area contributed by atoms with Crippen molar-refractivity contribution in [3.63, 3.8) is 0 Å². The molecule has 27 heavy (non-hydrogen) atoms. The number of Topliss-reactive ketones (excluding diaryl/α,β-unsaturated/α-hetero) is 1. The summed E-state index contributed by atoms with van der Waals surface area (Å²) in [5, 5.41) is 0.555. The highest BCUT2D eigenvalue weighted by molar-refractivity contribution is 7.99. The lowest BCUT2D eigenvalue weighted by Gasteiger charge is -2.09. The van der Waals surface area contributed by atoms with Crippen LogP contribution in [0, 0.1) is 5.82 Å². The molecule has 0 spiro atoms. The number of ether oxygens (including phenoxy) is 1. The number of carbonyl (C=O) groups is 1. The van der Waals surface area contributed by atoms with E-state index < -0.39 is 5.82 Å². The third-order valence-electron chi connectivity index (χ3n) is 3.73. The molecule has 0 unspecified atom stereocenters. The van der Waals surface area contributed by atoms with Crippen LogP contribution < -0.4 is 10.3 Å². The van der Waals surface area contributed by atoms with Gasteiger partial charge in [0.25, 0.3) is 5.56 Å². The van der Waals surface area contributed by atoms with E-state index in [-0.39, 0.29) is 22.1 Å². The van der Waals surface area contributed by atoms with E-state index in [0.717, 1.165) is 11.8 Å². The molecule has 1 heterocycles. The summed E-state index contributed by atoms with van der Waals surface area (Å²) in [6.07, 6.45) is 3.00. The predicted octanol–water partition coefficient (Wildman–Crippen LogP) is 4.01. The number of rotatable bonds is 6. The topological polar surface area (TPSA) is 61.2 Å². The maximum atomic E-state index is 12.9. The van der Waals surface area contributed by atoms with E-state index in [0.29, 0.717) is 22.0 Å². The number of benzene rings is 2. The zero-order chi connectivity index (χ0) is 19.4. The van der Waals surface area contributed by atoms with Gasteiger partial charge in [0.05, 0.1) is 23.6 Å². The zero-order valence-electron chi connectivity index (χ0n) is 14.2. The van der Waals surface area contributed by atoms with Gasteiger partial charge in [-0.25, -0.2) is 9.37 Å². The van der Waals surface area contributed by atoms with Crippen molar-refractivity contribution in [1.29, 1.82) is 0 Å². The molecule has 138 valence electrons. The van der Waals surface area contributed by atoms with E-state index in [1.54, 1.807) is 18.2 Å². The molecule has 0 aliphatic carbocycles. The van der Waals surface area contributed by atoms with E-state index in [9.17, 15) is 14.0 Å². The van der Waals surface area contributed by atoms with Crippen molar-refractivity contribution < 1.29 is 13.9 Å². The molecule has 5 nitrogen and oxygen atoms in total. The van der Waals surface area contributed by atoms with Gasteiger partial charge in [-0.3, -0.25) is 14.2 Å². The molecule has 0 atom stereocenters. The summed E-state index contributed by atoms with van der Waals surface area (Å²) in [6.45, 7) is 0. The third-order valence-corrected chi connectivity index (χ3v) is 4.98. The number of hydrogen-bond acceptors (Lipinski definition) is 5. The van der Waals surface area contributed by atoms with Gasteiger partial charge in [-0.15, -0.1) is 0 Å². The minimum absolute atomic E-state index is 0.0151. The molecule has 0 aliphatic heterocycles. The summed E-state index contributed by atoms with van der Waals surface area (Å²) < 4.78 is 19.4. The molecule has 3 aromatic rings. The lowest BCUT2D eigenvalue weighted by molar-refractivity contribution is 0.102. The summed E-state index contributed by atoms with van der Waals surface area (Å²) in [5.41, 5.74) is 0.567. The third kappa shape index (κ3) is 4.37. The van der Waals surface area contributed by atoms with Crippen LogP contribution in [0.25, 0.3) is 5.69 Å². The van der Waals surface area contributed by atoms with E-state index in [2.05, 4.69) is 4.98 Å². The van der Waals surface area contributed by atoms with Crippen molar-refractivity contribution in [2.45, 2.75) is 5.03 Å². The second kappa shape index (κ2) is 8.37. The number of halogens is 2. The smallest absolute Gasteiger partial charge is 0.287 e. The van der Waals surface area contributed by atoms with Crippen molar-refractivity contribution in [2.75, 3.05) is 12.9 Å². The lowest BCUT2D eigenvalue weighted by atomic mass is 10.1. The maximum absolute atomic E-state index is 12.9. The highest BCUT2D eigenvalue weighted by Crippen LogP contribution is 2.26. The van der Waals surface area contributed by atoms with Crippen molar-refractivity contribution in [2.24, 2.45) is 0 Å². The largest absolute Gasteiger partial charge is 0.495 e. The summed E-state index contributed by atoms with van der Waals surface area (Å²) in [6, 6.07) is 10.2. The van der Waals surface area contributed by atoms with Crippen molar-refractivity contribution >= 4 is 29.1 Å². The van der Waals surface area contributed by atoms with E-state index in [1.165, 1.54) is 48.3 Å². The van der Waals surface area contributed by atoms with Gasteiger partial charge in [0.15, 0.2) is 10.8 Å². The first-order chi connectivity index (χ1) is 13.0. The fourth-order valence-corrected chi connectivity index (χ4v) is 3.40. The average Bonchev–Trinajstić information content (AvgIpc) is 2.67. The van der Waals surface area contributed by atoms with Gasteiger partial charge < -0.3 is 4.74 Å². The quantitative estimate of drug-likeness (QED) is 0.459. The summed E-state index contributed by atoms with van der Waals surface area (Å²) in [7, 11) is 1.51. The summed E-state index contributed by atoms with van der Waals surface area (Å²) in [5.74, 6) is -0.113. The van der Waals surface area contributed by atoms with Crippen LogP contribution in [-0.4, -0.2) is 28.2 Å². The molecule has 0 aliphatic rings. The number of carbonyl (C=O) groups excluding carboxylic acids is 1. The monoisotopic (exact) mass is 404 g/mol. The zero-order valence-corrected chi connectivity index (χ0v) is 15.8. The van der Waals surface area contributed by atoms with Crippen molar-refractivity contribution in [3.8, 4) is 11.4 Å². The first-order valence-electron chi connectivity index (χ1n) is 7.82. The van der Waals surface area contributed by atoms with Gasteiger partial charge in [-0.1, -0.05) is 23.4 Å². The van der Waals surface area contributed by atoms with Crippen LogP contribution in [0.2, 0.25) is 5.02 Å². The Morgan fingerprint density at radius 1 is 1.26 bits per heavy atom. The van der Waals surface area contributed by atoms with Gasteiger partial charge in [-0.2, -0.15) is 0 Å². The van der Waals surface area contributed by atoms with Crippen molar-refractivity contribution in [3.05, 3.63) is 81.6 Å². The lowest BCUT2D eigenvalue weighted by Crippen LogP contribution is -2.21. The van der Waals surface area contributed by atoms with Crippen molar-refractivity contribution in [1.82, 2.24) is 9.55 Å². The van der Waals surface area contributed by atoms with E-state index >= 15 is 0 Å². The Morgan fingerprint density at radius 3 is 2.67 bits per heavy atom. The van der Waals surface area contributed by atoms with Gasteiger partial charge in [-0.05, 0) is 42.5 Å². The molecule has 0 N–H and O–H groups in total. The molecule has 8 heteroatoms. The molecule has 0 saturated carbocycles. The number of hydrogen-bond donors (Lipinski definition) is 0. The van der Waals surface area contributed by atoms with Crippen LogP contribution in [-0.2, 0) is 0 Å². The summed E-state index contributed by atoms with van der Waals surface area (Å²) >= 11 is 7.15. The highest BCUT2D eigenvalue weighted by atomic mass is 35.5. The molecule has 3 rings (SSSR count). The van der Waals surface area contributed by atoms with Crippen LogP contribution in [0.5, 0.6) is 5.75 Å². The minimum Gasteiger partial charge on any atom is -0.495 e. The maximum Gasteiger partial charge on any atom is 0.287 e. The molecule has 0 fully saturated rings. The minimum atomic E-state index is -0.412. The van der Waals surface area contributed by atoms with Gasteiger partial charge in [0.1, 0.15) is 11.6 Å². The fourth-order valence-electron chi connectivity index (χ4n) is 2.35. The molecule has 0 saturated heterocycles. The Hall–Kier alpha value is -2.64. The molecule has 0 bridgehead atoms. The normalized spacial score (nSPS) is 10.6. The molecule has 2 aromatic carbocycles. The first-order valence-corrected chi connectivity index (χ1v) is 9.19. The fraction of sp³-hybridized carbons (Fsp3) is 0.105. The van der Waals surface area contributed by atoms with Crippen LogP contribution >= 0.6 is 23.4 Å². The van der Waals surface area contributed by atoms with Gasteiger partial charge >= 0.3 is 0 Å². The van der Waals surface area contributed by atoms with Gasteiger partial charge in [0.2, 0.25) is 0 Å². The highest BCUT2D eigenvalue weighted by Gasteiger charge is 2.12. The van der Waals surface area contributed by atoms with Gasteiger partial charge in [0, 0.05) is 18.0 Å². The Bertz CT molecular complexity index is 1040. The first kappa shape index (κ1) is 19.1. The molecular weight excluding hydrogens is 391 g/mol. The number of nitrogens with zero attached hydrogens (tertiary/aromatic N) is 2. The van der Waals surface area contributed by atoms with Crippen LogP contribution in [0.1, 0.15) is 10.4 Å². The SMILES string of the molecule is COc1ccc(-n2ccnc(SCC(=O)c3ccc(F)cc3)c2=O)cc1Cl. The Labute approximate surface area is 163 Å². The van der Waals surface area contributed by atoms with E-state index in [1.807, 2.05) is 0 Å². The number of thioether (sulfide) groups is 1. The second-order valence-electron chi connectivity index (χ2n) is 5.45. The average molecular weight is 405 g/mol. The molecule has 0 amide bonds. The number of aromatic nitrogens is 2.